The highest BCUT2D eigenvalue weighted by Gasteiger charge is 2.11. The van der Waals surface area contributed by atoms with Crippen LogP contribution in [0.1, 0.15) is 21.6 Å². The lowest BCUT2D eigenvalue weighted by molar-refractivity contribution is 0.0699. The molecule has 0 spiro atoms. The summed E-state index contributed by atoms with van der Waals surface area (Å²) in [4.78, 5) is 16.1. The molecule has 0 aliphatic heterocycles. The summed E-state index contributed by atoms with van der Waals surface area (Å²) in [6.45, 7) is 0. The van der Waals surface area contributed by atoms with Gasteiger partial charge in [0.05, 0.1) is 31.0 Å². The van der Waals surface area contributed by atoms with Crippen molar-refractivity contribution in [2.45, 2.75) is 0 Å². The maximum absolute atomic E-state index is 11.6. The van der Waals surface area contributed by atoms with Crippen LogP contribution in [0, 0.1) is 0 Å². The molecular formula is C20H16BrNO4. The molecular weight excluding hydrogens is 398 g/mol. The summed E-state index contributed by atoms with van der Waals surface area (Å²) in [6.07, 6.45) is 3.62. The van der Waals surface area contributed by atoms with Crippen molar-refractivity contribution in [1.82, 2.24) is 4.98 Å². The molecule has 0 aliphatic rings. The summed E-state index contributed by atoms with van der Waals surface area (Å²) in [5, 5.41) is 10.1. The molecule has 1 N–H and O–H groups in total. The number of carboxylic acid groups (broad SMARTS) is 1. The van der Waals surface area contributed by atoms with Gasteiger partial charge in [0.2, 0.25) is 0 Å². The first-order valence-corrected chi connectivity index (χ1v) is 8.55. The van der Waals surface area contributed by atoms with E-state index in [1.165, 1.54) is 0 Å². The Morgan fingerprint density at radius 2 is 1.81 bits per heavy atom. The number of rotatable bonds is 5. The van der Waals surface area contributed by atoms with E-state index in [9.17, 15) is 9.90 Å². The summed E-state index contributed by atoms with van der Waals surface area (Å²) in [5.74, 6) is 0.278. The molecule has 0 aliphatic carbocycles. The molecule has 0 saturated carbocycles. The lowest BCUT2D eigenvalue weighted by atomic mass is 10.1. The SMILES string of the molecule is COc1ccc(/C=C/c2cc(C(=O)O)c3cc(Br)ccc3n2)cc1OC. The summed E-state index contributed by atoms with van der Waals surface area (Å²) in [5.41, 5.74) is 2.28. The van der Waals surface area contributed by atoms with Crippen LogP contribution in [-0.2, 0) is 0 Å². The molecule has 0 radical (unpaired) electrons. The van der Waals surface area contributed by atoms with Crippen molar-refractivity contribution in [2.24, 2.45) is 0 Å². The van der Waals surface area contributed by atoms with Gasteiger partial charge >= 0.3 is 5.97 Å². The van der Waals surface area contributed by atoms with Crippen LogP contribution in [0.25, 0.3) is 23.1 Å². The first-order chi connectivity index (χ1) is 12.5. The Kier molecular flexibility index (Phi) is 5.23. The molecule has 26 heavy (non-hydrogen) atoms. The number of carbonyl (C=O) groups is 1. The number of benzene rings is 2. The van der Waals surface area contributed by atoms with Gasteiger partial charge in [0.25, 0.3) is 0 Å². The van der Waals surface area contributed by atoms with Crippen LogP contribution >= 0.6 is 15.9 Å². The second-order valence-electron chi connectivity index (χ2n) is 5.51. The highest BCUT2D eigenvalue weighted by Crippen LogP contribution is 2.28. The molecule has 0 amide bonds. The van der Waals surface area contributed by atoms with E-state index < -0.39 is 5.97 Å². The van der Waals surface area contributed by atoms with E-state index in [-0.39, 0.29) is 5.56 Å². The van der Waals surface area contributed by atoms with Crippen LogP contribution in [0.15, 0.2) is 46.9 Å². The Bertz CT molecular complexity index is 1010. The van der Waals surface area contributed by atoms with E-state index in [0.29, 0.717) is 28.1 Å². The van der Waals surface area contributed by atoms with Crippen molar-refractivity contribution in [3.8, 4) is 11.5 Å². The molecule has 3 rings (SSSR count). The van der Waals surface area contributed by atoms with Gasteiger partial charge in [0, 0.05) is 9.86 Å². The van der Waals surface area contributed by atoms with Crippen LogP contribution in [0.2, 0.25) is 0 Å². The molecule has 0 atom stereocenters. The number of aromatic carboxylic acids is 1. The van der Waals surface area contributed by atoms with Gasteiger partial charge in [-0.25, -0.2) is 9.78 Å². The molecule has 3 aromatic rings. The number of pyridine rings is 1. The minimum absolute atomic E-state index is 0.211. The first kappa shape index (κ1) is 17.9. The van der Waals surface area contributed by atoms with Gasteiger partial charge in [-0.2, -0.15) is 0 Å². The number of carboxylic acids is 1. The molecule has 5 nitrogen and oxygen atoms in total. The number of methoxy groups -OCH3 is 2. The van der Waals surface area contributed by atoms with Crippen molar-refractivity contribution >= 4 is 45.0 Å². The molecule has 1 aromatic heterocycles. The average Bonchev–Trinajstić information content (AvgIpc) is 2.65. The molecule has 0 fully saturated rings. The molecule has 132 valence electrons. The molecule has 1 heterocycles. The number of hydrogen-bond acceptors (Lipinski definition) is 4. The monoisotopic (exact) mass is 413 g/mol. The van der Waals surface area contributed by atoms with Gasteiger partial charge in [-0.1, -0.05) is 28.1 Å². The summed E-state index contributed by atoms with van der Waals surface area (Å²) in [7, 11) is 3.16. The average molecular weight is 414 g/mol. The predicted molar refractivity (Wildman–Crippen MR) is 105 cm³/mol. The lowest BCUT2D eigenvalue weighted by Gasteiger charge is -2.08. The van der Waals surface area contributed by atoms with Crippen LogP contribution in [0.5, 0.6) is 11.5 Å². The molecule has 0 unspecified atom stereocenters. The Morgan fingerprint density at radius 3 is 2.50 bits per heavy atom. The fraction of sp³-hybridized carbons (Fsp3) is 0.100. The van der Waals surface area contributed by atoms with E-state index in [2.05, 4.69) is 20.9 Å². The van der Waals surface area contributed by atoms with Crippen LogP contribution in [0.3, 0.4) is 0 Å². The highest BCUT2D eigenvalue weighted by atomic mass is 79.9. The van der Waals surface area contributed by atoms with Gasteiger partial charge in [-0.3, -0.25) is 0 Å². The van der Waals surface area contributed by atoms with Crippen LogP contribution in [-0.4, -0.2) is 30.3 Å². The number of hydrogen-bond donors (Lipinski definition) is 1. The third-order valence-electron chi connectivity index (χ3n) is 3.88. The summed E-state index contributed by atoms with van der Waals surface area (Å²) < 4.78 is 11.3. The number of ether oxygens (including phenoxy) is 2. The third-order valence-corrected chi connectivity index (χ3v) is 4.37. The zero-order valence-corrected chi connectivity index (χ0v) is 15.8. The number of fused-ring (bicyclic) bond motifs is 1. The summed E-state index contributed by atoms with van der Waals surface area (Å²) in [6, 6.07) is 12.5. The zero-order valence-electron chi connectivity index (χ0n) is 14.2. The quantitative estimate of drug-likeness (QED) is 0.645. The smallest absolute Gasteiger partial charge is 0.336 e. The van der Waals surface area contributed by atoms with E-state index in [4.69, 9.17) is 9.47 Å². The minimum atomic E-state index is -0.990. The zero-order chi connectivity index (χ0) is 18.7. The number of aromatic nitrogens is 1. The minimum Gasteiger partial charge on any atom is -0.493 e. The maximum atomic E-state index is 11.6. The molecule has 0 saturated heterocycles. The van der Waals surface area contributed by atoms with Crippen molar-refractivity contribution in [2.75, 3.05) is 14.2 Å². The van der Waals surface area contributed by atoms with Gasteiger partial charge in [-0.05, 0) is 48.0 Å². The fourth-order valence-corrected chi connectivity index (χ4v) is 2.98. The Balaban J connectivity index is 2.02. The van der Waals surface area contributed by atoms with E-state index in [0.717, 1.165) is 10.0 Å². The predicted octanol–water partition coefficient (Wildman–Crippen LogP) is 4.88. The molecule has 6 heteroatoms. The fourth-order valence-electron chi connectivity index (χ4n) is 2.62. The largest absolute Gasteiger partial charge is 0.493 e. The van der Waals surface area contributed by atoms with Crippen molar-refractivity contribution in [1.29, 1.82) is 0 Å². The van der Waals surface area contributed by atoms with Gasteiger partial charge in [0.1, 0.15) is 0 Å². The normalized spacial score (nSPS) is 11.0. The molecule has 2 aromatic carbocycles. The van der Waals surface area contributed by atoms with Gasteiger partial charge < -0.3 is 14.6 Å². The van der Waals surface area contributed by atoms with Crippen molar-refractivity contribution < 1.29 is 19.4 Å². The van der Waals surface area contributed by atoms with E-state index >= 15 is 0 Å². The molecule has 0 bridgehead atoms. The third kappa shape index (κ3) is 3.70. The topological polar surface area (TPSA) is 68.7 Å². The van der Waals surface area contributed by atoms with E-state index in [1.807, 2.05) is 30.3 Å². The Hall–Kier alpha value is -2.86. The van der Waals surface area contributed by atoms with Crippen molar-refractivity contribution in [3.05, 3.63) is 63.8 Å². The number of halogens is 1. The lowest BCUT2D eigenvalue weighted by Crippen LogP contribution is -2.00. The maximum Gasteiger partial charge on any atom is 0.336 e. The Morgan fingerprint density at radius 1 is 1.04 bits per heavy atom. The second kappa shape index (κ2) is 7.58. The van der Waals surface area contributed by atoms with E-state index in [1.54, 1.807) is 38.5 Å². The van der Waals surface area contributed by atoms with Crippen molar-refractivity contribution in [3.63, 3.8) is 0 Å². The van der Waals surface area contributed by atoms with Crippen LogP contribution in [0.4, 0.5) is 0 Å². The second-order valence-corrected chi connectivity index (χ2v) is 6.42. The van der Waals surface area contributed by atoms with Gasteiger partial charge in [-0.15, -0.1) is 0 Å². The van der Waals surface area contributed by atoms with Crippen LogP contribution < -0.4 is 9.47 Å². The number of nitrogens with zero attached hydrogens (tertiary/aromatic N) is 1. The standard InChI is InChI=1S/C20H16BrNO4/c1-25-18-8-4-12(9-19(18)26-2)3-6-14-11-16(20(23)24)15-10-13(21)5-7-17(15)22-14/h3-11H,1-2H3,(H,23,24)/b6-3+. The van der Waals surface area contributed by atoms with Gasteiger partial charge in [0.15, 0.2) is 11.5 Å². The Labute approximate surface area is 159 Å². The highest BCUT2D eigenvalue weighted by molar-refractivity contribution is 9.10. The first-order valence-electron chi connectivity index (χ1n) is 7.75. The summed E-state index contributed by atoms with van der Waals surface area (Å²) >= 11 is 3.36.